The molecule has 0 aliphatic heterocycles. The van der Waals surface area contributed by atoms with Crippen molar-refractivity contribution in [1.29, 1.82) is 0 Å². The van der Waals surface area contributed by atoms with Crippen molar-refractivity contribution in [3.63, 3.8) is 0 Å². The molecule has 0 aliphatic carbocycles. The fourth-order valence-electron chi connectivity index (χ4n) is 2.27. The second kappa shape index (κ2) is 8.30. The Hall–Kier alpha value is -1.86. The molecule has 2 aromatic rings. The van der Waals surface area contributed by atoms with Gasteiger partial charge in [0.05, 0.1) is 4.88 Å². The summed E-state index contributed by atoms with van der Waals surface area (Å²) in [5.74, 6) is -1.09. The Bertz CT molecular complexity index is 702. The van der Waals surface area contributed by atoms with Crippen LogP contribution in [0.25, 0.3) is 0 Å². The molecule has 2 rings (SSSR count). The Labute approximate surface area is 153 Å². The summed E-state index contributed by atoms with van der Waals surface area (Å²) in [7, 11) is 0. The third-order valence-electron chi connectivity index (χ3n) is 3.38. The van der Waals surface area contributed by atoms with Crippen molar-refractivity contribution in [3.05, 3.63) is 56.7 Å². The van der Waals surface area contributed by atoms with E-state index in [4.69, 9.17) is 4.74 Å². The molecule has 1 aromatic carbocycles. The fourth-order valence-corrected chi connectivity index (χ4v) is 3.95. The summed E-state index contributed by atoms with van der Waals surface area (Å²) in [5, 5.41) is 11.4. The molecule has 0 saturated carbocycles. The van der Waals surface area contributed by atoms with Crippen molar-refractivity contribution in [2.24, 2.45) is 0 Å². The Balaban J connectivity index is 2.21. The van der Waals surface area contributed by atoms with Gasteiger partial charge in [0.25, 0.3) is 0 Å². The zero-order valence-corrected chi connectivity index (χ0v) is 15.7. The lowest BCUT2D eigenvalue weighted by Crippen LogP contribution is -2.43. The summed E-state index contributed by atoms with van der Waals surface area (Å²) >= 11 is 4.63. The zero-order chi connectivity index (χ0) is 17.7. The van der Waals surface area contributed by atoms with E-state index in [9.17, 15) is 14.7 Å². The first-order valence-electron chi connectivity index (χ1n) is 7.36. The van der Waals surface area contributed by atoms with Crippen molar-refractivity contribution in [2.45, 2.75) is 32.5 Å². The molecule has 1 heterocycles. The highest BCUT2D eigenvalue weighted by molar-refractivity contribution is 9.10. The average molecular weight is 412 g/mol. The number of amides is 1. The molecule has 1 aromatic heterocycles. The van der Waals surface area contributed by atoms with Crippen molar-refractivity contribution in [3.8, 4) is 0 Å². The molecular weight excluding hydrogens is 394 g/mol. The fraction of sp³-hybridized carbons (Fsp3) is 0.294. The van der Waals surface area contributed by atoms with Crippen LogP contribution in [0.5, 0.6) is 0 Å². The van der Waals surface area contributed by atoms with Gasteiger partial charge in [-0.3, -0.25) is 4.90 Å². The first kappa shape index (κ1) is 18.5. The van der Waals surface area contributed by atoms with Gasteiger partial charge in [0, 0.05) is 10.5 Å². The lowest BCUT2D eigenvalue weighted by Gasteiger charge is -2.31. The lowest BCUT2D eigenvalue weighted by atomic mass is 10.1. The normalized spacial score (nSPS) is 12.0. The van der Waals surface area contributed by atoms with E-state index in [-0.39, 0.29) is 12.6 Å². The van der Waals surface area contributed by atoms with Crippen LogP contribution >= 0.6 is 27.3 Å². The minimum Gasteiger partial charge on any atom is -0.479 e. The maximum Gasteiger partial charge on any atom is 0.411 e. The van der Waals surface area contributed by atoms with Gasteiger partial charge >= 0.3 is 12.1 Å². The predicted molar refractivity (Wildman–Crippen MR) is 96.0 cm³/mol. The van der Waals surface area contributed by atoms with E-state index in [1.807, 2.05) is 30.3 Å². The third-order valence-corrected chi connectivity index (χ3v) is 5.30. The van der Waals surface area contributed by atoms with Crippen LogP contribution in [-0.2, 0) is 16.1 Å². The molecule has 0 fully saturated rings. The van der Waals surface area contributed by atoms with E-state index in [0.29, 0.717) is 9.35 Å². The third kappa shape index (κ3) is 4.36. The number of benzene rings is 1. The van der Waals surface area contributed by atoms with Crippen LogP contribution in [0.3, 0.4) is 0 Å². The SMILES string of the molecule is CC(C)N(C(=O)OCc1ccccc1)C(C(=O)O)c1sccc1Br. The minimum atomic E-state index is -1.09. The van der Waals surface area contributed by atoms with Gasteiger partial charge < -0.3 is 9.84 Å². The van der Waals surface area contributed by atoms with Crippen LogP contribution in [0.1, 0.15) is 30.3 Å². The number of carboxylic acid groups (broad SMARTS) is 1. The molecule has 0 aliphatic rings. The molecule has 24 heavy (non-hydrogen) atoms. The van der Waals surface area contributed by atoms with Crippen molar-refractivity contribution >= 4 is 39.3 Å². The highest BCUT2D eigenvalue weighted by Gasteiger charge is 2.36. The van der Waals surface area contributed by atoms with E-state index >= 15 is 0 Å². The number of rotatable bonds is 6. The molecule has 128 valence electrons. The van der Waals surface area contributed by atoms with Crippen LogP contribution in [0, 0.1) is 0 Å². The largest absolute Gasteiger partial charge is 0.479 e. The van der Waals surface area contributed by atoms with Crippen LogP contribution in [0.15, 0.2) is 46.3 Å². The molecule has 0 saturated heterocycles. The van der Waals surface area contributed by atoms with E-state index in [1.165, 1.54) is 16.2 Å². The van der Waals surface area contributed by atoms with Gasteiger partial charge in [0.2, 0.25) is 0 Å². The van der Waals surface area contributed by atoms with Gasteiger partial charge in [-0.15, -0.1) is 11.3 Å². The van der Waals surface area contributed by atoms with Crippen LogP contribution < -0.4 is 0 Å². The first-order chi connectivity index (χ1) is 11.4. The maximum atomic E-state index is 12.5. The summed E-state index contributed by atoms with van der Waals surface area (Å²) in [5.41, 5.74) is 0.846. The molecule has 1 N–H and O–H groups in total. The Morgan fingerprint density at radius 3 is 2.42 bits per heavy atom. The smallest absolute Gasteiger partial charge is 0.411 e. The Morgan fingerprint density at radius 1 is 1.25 bits per heavy atom. The van der Waals surface area contributed by atoms with Crippen molar-refractivity contribution in [2.75, 3.05) is 0 Å². The molecule has 1 unspecified atom stereocenters. The average Bonchev–Trinajstić information content (AvgIpc) is 2.96. The van der Waals surface area contributed by atoms with Gasteiger partial charge in [0.15, 0.2) is 6.04 Å². The number of ether oxygens (including phenoxy) is 1. The van der Waals surface area contributed by atoms with Gasteiger partial charge in [0.1, 0.15) is 6.61 Å². The summed E-state index contributed by atoms with van der Waals surface area (Å²) in [6, 6.07) is 9.61. The van der Waals surface area contributed by atoms with E-state index < -0.39 is 18.1 Å². The van der Waals surface area contributed by atoms with Crippen LogP contribution in [0.2, 0.25) is 0 Å². The van der Waals surface area contributed by atoms with Gasteiger partial charge in [-0.2, -0.15) is 0 Å². The first-order valence-corrected chi connectivity index (χ1v) is 9.03. The number of thiophene rings is 1. The maximum absolute atomic E-state index is 12.5. The second-order valence-corrected chi connectivity index (χ2v) is 7.22. The number of aliphatic carboxylic acids is 1. The highest BCUT2D eigenvalue weighted by Crippen LogP contribution is 2.34. The quantitative estimate of drug-likeness (QED) is 0.748. The number of hydrogen-bond donors (Lipinski definition) is 1. The minimum absolute atomic E-state index is 0.0981. The van der Waals surface area contributed by atoms with Crippen molar-refractivity contribution < 1.29 is 19.4 Å². The van der Waals surface area contributed by atoms with Gasteiger partial charge in [-0.1, -0.05) is 30.3 Å². The number of carboxylic acids is 1. The topological polar surface area (TPSA) is 66.8 Å². The molecule has 1 amide bonds. The van der Waals surface area contributed by atoms with Crippen LogP contribution in [0.4, 0.5) is 4.79 Å². The summed E-state index contributed by atoms with van der Waals surface area (Å²) < 4.78 is 6.00. The Morgan fingerprint density at radius 2 is 1.92 bits per heavy atom. The summed E-state index contributed by atoms with van der Waals surface area (Å²) in [6.07, 6.45) is -0.651. The molecular formula is C17H18BrNO4S. The standard InChI is InChI=1S/C17H18BrNO4S/c1-11(2)19(14(16(20)21)15-13(18)8-9-24-15)17(22)23-10-12-6-4-3-5-7-12/h3-9,11,14H,10H2,1-2H3,(H,20,21). The van der Waals surface area contributed by atoms with E-state index in [2.05, 4.69) is 15.9 Å². The highest BCUT2D eigenvalue weighted by atomic mass is 79.9. The molecule has 0 bridgehead atoms. The number of carbonyl (C=O) groups excluding carboxylic acids is 1. The Kier molecular flexibility index (Phi) is 6.39. The van der Waals surface area contributed by atoms with Gasteiger partial charge in [-0.25, -0.2) is 9.59 Å². The number of carbonyl (C=O) groups is 2. The number of hydrogen-bond acceptors (Lipinski definition) is 4. The van der Waals surface area contributed by atoms with Crippen molar-refractivity contribution in [1.82, 2.24) is 4.90 Å². The van der Waals surface area contributed by atoms with E-state index in [0.717, 1.165) is 5.56 Å². The molecule has 0 spiro atoms. The summed E-state index contributed by atoms with van der Waals surface area (Å²) in [6.45, 7) is 3.63. The molecule has 1 atom stereocenters. The molecule has 7 heteroatoms. The molecule has 0 radical (unpaired) electrons. The van der Waals surface area contributed by atoms with Crippen LogP contribution in [-0.4, -0.2) is 28.1 Å². The van der Waals surface area contributed by atoms with Gasteiger partial charge in [-0.05, 0) is 46.8 Å². The molecule has 5 nitrogen and oxygen atoms in total. The number of nitrogens with zero attached hydrogens (tertiary/aromatic N) is 1. The lowest BCUT2D eigenvalue weighted by molar-refractivity contribution is -0.143. The second-order valence-electron chi connectivity index (χ2n) is 5.41. The zero-order valence-electron chi connectivity index (χ0n) is 13.3. The van der Waals surface area contributed by atoms with E-state index in [1.54, 1.807) is 25.3 Å². The number of halogens is 1. The predicted octanol–water partition coefficient (Wildman–Crippen LogP) is 4.68. The summed E-state index contributed by atoms with van der Waals surface area (Å²) in [4.78, 5) is 26.2. The monoisotopic (exact) mass is 411 g/mol.